The van der Waals surface area contributed by atoms with Gasteiger partial charge in [-0.15, -0.1) is 0 Å². The summed E-state index contributed by atoms with van der Waals surface area (Å²) in [6.07, 6.45) is 1.61. The normalized spacial score (nSPS) is 14.0. The van der Waals surface area contributed by atoms with E-state index in [1.807, 2.05) is 36.9 Å². The van der Waals surface area contributed by atoms with Crippen molar-refractivity contribution in [3.8, 4) is 11.3 Å². The van der Waals surface area contributed by atoms with Crippen LogP contribution in [0.15, 0.2) is 18.2 Å². The van der Waals surface area contributed by atoms with Crippen molar-refractivity contribution in [3.63, 3.8) is 0 Å². The zero-order valence-corrected chi connectivity index (χ0v) is 13.0. The van der Waals surface area contributed by atoms with E-state index in [4.69, 9.17) is 0 Å². The van der Waals surface area contributed by atoms with Crippen molar-refractivity contribution in [1.82, 2.24) is 14.9 Å². The number of nitrogens with one attached hydrogen (secondary N) is 1. The summed E-state index contributed by atoms with van der Waals surface area (Å²) in [4.78, 5) is 22.0. The monoisotopic (exact) mass is 299 g/mol. The molecule has 1 aromatic heterocycles. The first-order chi connectivity index (χ1) is 10.6. The molecule has 1 amide bonds. The summed E-state index contributed by atoms with van der Waals surface area (Å²) in [6.45, 7) is 5.67. The molecule has 5 heteroatoms. The number of imidazole rings is 1. The molecule has 0 aliphatic carbocycles. The van der Waals surface area contributed by atoms with Crippen LogP contribution in [0.4, 0.5) is 0 Å². The fourth-order valence-corrected chi connectivity index (χ4v) is 2.77. The summed E-state index contributed by atoms with van der Waals surface area (Å²) < 4.78 is 0. The topological polar surface area (TPSA) is 69.2 Å². The van der Waals surface area contributed by atoms with Crippen molar-refractivity contribution in [2.45, 2.75) is 26.7 Å². The Labute approximate surface area is 130 Å². The van der Waals surface area contributed by atoms with Gasteiger partial charge in [-0.25, -0.2) is 4.98 Å². The lowest BCUT2D eigenvalue weighted by atomic mass is 9.99. The number of aliphatic hydroxyl groups is 1. The van der Waals surface area contributed by atoms with E-state index in [1.165, 1.54) is 0 Å². The number of aryl methyl sites for hydroxylation is 2. The number of carbonyl (C=O) groups is 1. The van der Waals surface area contributed by atoms with Crippen LogP contribution in [-0.2, 0) is 6.42 Å². The van der Waals surface area contributed by atoms with Crippen LogP contribution in [0.3, 0.4) is 0 Å². The second-order valence-electron chi connectivity index (χ2n) is 5.80. The highest BCUT2D eigenvalue weighted by molar-refractivity contribution is 5.96. The fraction of sp³-hybridized carbons (Fsp3) is 0.412. The number of benzene rings is 1. The Balaban J connectivity index is 2.01. The Kier molecular flexibility index (Phi) is 3.98. The molecular formula is C17H21N3O2. The first-order valence-electron chi connectivity index (χ1n) is 7.67. The number of rotatable bonds is 4. The van der Waals surface area contributed by atoms with Gasteiger partial charge in [0.05, 0.1) is 5.69 Å². The Hall–Kier alpha value is -2.14. The lowest BCUT2D eigenvalue weighted by Gasteiger charge is -2.31. The average Bonchev–Trinajstić information content (AvgIpc) is 2.78. The number of H-pyrrole nitrogens is 1. The van der Waals surface area contributed by atoms with Gasteiger partial charge < -0.3 is 15.0 Å². The van der Waals surface area contributed by atoms with Crippen molar-refractivity contribution in [2.75, 3.05) is 19.7 Å². The molecule has 0 atom stereocenters. The van der Waals surface area contributed by atoms with E-state index in [-0.39, 0.29) is 12.5 Å². The van der Waals surface area contributed by atoms with Gasteiger partial charge in [-0.2, -0.15) is 0 Å². The SMILES string of the molecule is Cc1nc(-c2cc(C(=O)N3CCC3)ccc2C)c(CCO)[nH]1. The molecule has 0 saturated carbocycles. The highest BCUT2D eigenvalue weighted by atomic mass is 16.3. The smallest absolute Gasteiger partial charge is 0.253 e. The van der Waals surface area contributed by atoms with Gasteiger partial charge in [0.25, 0.3) is 5.91 Å². The van der Waals surface area contributed by atoms with Crippen molar-refractivity contribution in [1.29, 1.82) is 0 Å². The minimum atomic E-state index is 0.0695. The maximum absolute atomic E-state index is 12.4. The van der Waals surface area contributed by atoms with Crippen molar-refractivity contribution >= 4 is 5.91 Å². The molecule has 0 unspecified atom stereocenters. The number of aromatic amines is 1. The third-order valence-electron chi connectivity index (χ3n) is 4.14. The molecule has 0 bridgehead atoms. The maximum atomic E-state index is 12.4. The van der Waals surface area contributed by atoms with Crippen molar-refractivity contribution in [3.05, 3.63) is 40.8 Å². The maximum Gasteiger partial charge on any atom is 0.253 e. The Bertz CT molecular complexity index is 702. The largest absolute Gasteiger partial charge is 0.396 e. The summed E-state index contributed by atoms with van der Waals surface area (Å²) in [7, 11) is 0. The van der Waals surface area contributed by atoms with Crippen LogP contribution < -0.4 is 0 Å². The van der Waals surface area contributed by atoms with Crippen LogP contribution in [0.1, 0.15) is 33.9 Å². The number of hydrogen-bond acceptors (Lipinski definition) is 3. The fourth-order valence-electron chi connectivity index (χ4n) is 2.77. The van der Waals surface area contributed by atoms with Gasteiger partial charge in [-0.3, -0.25) is 4.79 Å². The molecule has 1 aromatic carbocycles. The number of carbonyl (C=O) groups excluding carboxylic acids is 1. The Morgan fingerprint density at radius 3 is 2.77 bits per heavy atom. The third-order valence-corrected chi connectivity index (χ3v) is 4.14. The lowest BCUT2D eigenvalue weighted by Crippen LogP contribution is -2.42. The number of aromatic nitrogens is 2. The molecule has 0 spiro atoms. The van der Waals surface area contributed by atoms with E-state index < -0.39 is 0 Å². The molecule has 2 aromatic rings. The second kappa shape index (κ2) is 5.93. The Morgan fingerprint density at radius 2 is 2.14 bits per heavy atom. The van der Waals surface area contributed by atoms with Crippen LogP contribution in [0.25, 0.3) is 11.3 Å². The molecule has 2 heterocycles. The van der Waals surface area contributed by atoms with Gasteiger partial charge in [0.1, 0.15) is 5.82 Å². The molecule has 1 fully saturated rings. The minimum Gasteiger partial charge on any atom is -0.396 e. The highest BCUT2D eigenvalue weighted by Crippen LogP contribution is 2.27. The predicted octanol–water partition coefficient (Wildman–Crippen LogP) is 2.07. The third kappa shape index (κ3) is 2.64. The molecule has 2 N–H and O–H groups in total. The zero-order chi connectivity index (χ0) is 15.7. The van der Waals surface area contributed by atoms with Crippen LogP contribution in [0, 0.1) is 13.8 Å². The van der Waals surface area contributed by atoms with Gasteiger partial charge >= 0.3 is 0 Å². The summed E-state index contributed by atoms with van der Waals surface area (Å²) in [6, 6.07) is 5.77. The van der Waals surface area contributed by atoms with Gasteiger partial charge in [-0.05, 0) is 38.0 Å². The van der Waals surface area contributed by atoms with Gasteiger partial charge in [0, 0.05) is 42.9 Å². The molecular weight excluding hydrogens is 278 g/mol. The summed E-state index contributed by atoms with van der Waals surface area (Å²) in [5.41, 5.74) is 4.49. The number of hydrogen-bond donors (Lipinski definition) is 2. The Morgan fingerprint density at radius 1 is 1.36 bits per heavy atom. The van der Waals surface area contributed by atoms with Crippen molar-refractivity contribution in [2.24, 2.45) is 0 Å². The van der Waals surface area contributed by atoms with E-state index in [1.54, 1.807) is 0 Å². The average molecular weight is 299 g/mol. The molecule has 1 saturated heterocycles. The van der Waals surface area contributed by atoms with Gasteiger partial charge in [0.15, 0.2) is 0 Å². The lowest BCUT2D eigenvalue weighted by molar-refractivity contribution is 0.0652. The first-order valence-corrected chi connectivity index (χ1v) is 7.67. The van der Waals surface area contributed by atoms with Crippen LogP contribution in [0.2, 0.25) is 0 Å². The molecule has 22 heavy (non-hydrogen) atoms. The van der Waals surface area contributed by atoms with Crippen LogP contribution >= 0.6 is 0 Å². The highest BCUT2D eigenvalue weighted by Gasteiger charge is 2.22. The molecule has 3 rings (SSSR count). The van der Waals surface area contributed by atoms with Crippen LogP contribution in [0.5, 0.6) is 0 Å². The number of nitrogens with zero attached hydrogens (tertiary/aromatic N) is 2. The molecule has 5 nitrogen and oxygen atoms in total. The van der Waals surface area contributed by atoms with Gasteiger partial charge in [0.2, 0.25) is 0 Å². The molecule has 1 aliphatic rings. The number of likely N-dealkylation sites (tertiary alicyclic amines) is 1. The number of amides is 1. The van der Waals surface area contributed by atoms with E-state index in [0.717, 1.165) is 47.8 Å². The quantitative estimate of drug-likeness (QED) is 0.908. The van der Waals surface area contributed by atoms with E-state index >= 15 is 0 Å². The standard InChI is InChI=1S/C17H21N3O2/c1-11-4-5-13(17(22)20-7-3-8-20)10-14(11)16-15(6-9-21)18-12(2)19-16/h4-5,10,21H,3,6-9H2,1-2H3,(H,18,19). The molecule has 0 radical (unpaired) electrons. The van der Waals surface area contributed by atoms with E-state index in [9.17, 15) is 9.90 Å². The summed E-state index contributed by atoms with van der Waals surface area (Å²) in [5, 5.41) is 9.22. The summed E-state index contributed by atoms with van der Waals surface area (Å²) in [5.74, 6) is 0.904. The second-order valence-corrected chi connectivity index (χ2v) is 5.80. The molecule has 116 valence electrons. The van der Waals surface area contributed by atoms with Crippen molar-refractivity contribution < 1.29 is 9.90 Å². The minimum absolute atomic E-state index is 0.0695. The first kappa shape index (κ1) is 14.8. The number of aliphatic hydroxyl groups excluding tert-OH is 1. The molecule has 1 aliphatic heterocycles. The van der Waals surface area contributed by atoms with E-state index in [0.29, 0.717) is 12.0 Å². The van der Waals surface area contributed by atoms with Gasteiger partial charge in [-0.1, -0.05) is 6.07 Å². The van der Waals surface area contributed by atoms with E-state index in [2.05, 4.69) is 9.97 Å². The predicted molar refractivity (Wildman–Crippen MR) is 84.8 cm³/mol. The summed E-state index contributed by atoms with van der Waals surface area (Å²) >= 11 is 0. The van der Waals surface area contributed by atoms with Crippen LogP contribution in [-0.4, -0.2) is 45.6 Å². The zero-order valence-electron chi connectivity index (χ0n) is 13.0.